The lowest BCUT2D eigenvalue weighted by molar-refractivity contribution is -0.116. The maximum atomic E-state index is 11.3. The number of carbonyl (C=O) groups excluding carboxylic acids is 1. The summed E-state index contributed by atoms with van der Waals surface area (Å²) in [6, 6.07) is 6.62. The van der Waals surface area contributed by atoms with Crippen LogP contribution in [-0.2, 0) is 4.79 Å². The third-order valence-electron chi connectivity index (χ3n) is 2.38. The van der Waals surface area contributed by atoms with Crippen LogP contribution in [-0.4, -0.2) is 17.1 Å². The van der Waals surface area contributed by atoms with Gasteiger partial charge in [-0.15, -0.1) is 0 Å². The van der Waals surface area contributed by atoms with Gasteiger partial charge in [-0.05, 0) is 6.07 Å². The van der Waals surface area contributed by atoms with Crippen LogP contribution in [0.5, 0.6) is 0 Å². The highest BCUT2D eigenvalue weighted by atomic mass is 16.3. The summed E-state index contributed by atoms with van der Waals surface area (Å²) < 4.78 is 0. The van der Waals surface area contributed by atoms with Crippen LogP contribution in [0.3, 0.4) is 0 Å². The summed E-state index contributed by atoms with van der Waals surface area (Å²) in [5.41, 5.74) is 7.01. The molecule has 74 valence electrons. The van der Waals surface area contributed by atoms with E-state index < -0.39 is 12.1 Å². The zero-order valence-electron chi connectivity index (χ0n) is 7.60. The van der Waals surface area contributed by atoms with Crippen LogP contribution in [0.15, 0.2) is 24.3 Å². The molecule has 0 saturated heterocycles. The van der Waals surface area contributed by atoms with Crippen molar-refractivity contribution in [2.75, 3.05) is 5.32 Å². The zero-order chi connectivity index (χ0) is 10.1. The molecular weight excluding hydrogens is 180 g/mol. The Morgan fingerprint density at radius 3 is 2.93 bits per heavy atom. The summed E-state index contributed by atoms with van der Waals surface area (Å²) in [5.74, 6) is -0.151. The van der Waals surface area contributed by atoms with Gasteiger partial charge in [0.05, 0.1) is 6.10 Å². The van der Waals surface area contributed by atoms with Crippen molar-refractivity contribution in [3.8, 4) is 0 Å². The van der Waals surface area contributed by atoms with Crippen molar-refractivity contribution in [2.24, 2.45) is 5.73 Å². The number of aliphatic hydroxyl groups excluding tert-OH is 1. The van der Waals surface area contributed by atoms with E-state index in [1.165, 1.54) is 0 Å². The molecule has 0 saturated carbocycles. The molecule has 1 aromatic carbocycles. The molecule has 0 fully saturated rings. The van der Waals surface area contributed by atoms with Gasteiger partial charge in [0, 0.05) is 23.7 Å². The van der Waals surface area contributed by atoms with Gasteiger partial charge in [-0.25, -0.2) is 0 Å². The number of para-hydroxylation sites is 1. The van der Waals surface area contributed by atoms with Gasteiger partial charge in [0.25, 0.3) is 0 Å². The summed E-state index contributed by atoms with van der Waals surface area (Å²) in [6.45, 7) is 0. The van der Waals surface area contributed by atoms with Gasteiger partial charge >= 0.3 is 0 Å². The van der Waals surface area contributed by atoms with Gasteiger partial charge in [0.2, 0.25) is 5.91 Å². The van der Waals surface area contributed by atoms with Crippen molar-refractivity contribution >= 4 is 11.6 Å². The maximum absolute atomic E-state index is 11.3. The molecule has 1 aliphatic rings. The average Bonchev–Trinajstić information content (AvgIpc) is 2.26. The monoisotopic (exact) mass is 192 g/mol. The topological polar surface area (TPSA) is 75.4 Å². The van der Waals surface area contributed by atoms with Crippen LogP contribution < -0.4 is 11.1 Å². The SMILES string of the molecule is N[C@@H]1CC(=O)Nc2ccccc2[C@H]1O. The molecule has 0 aromatic heterocycles. The summed E-state index contributed by atoms with van der Waals surface area (Å²) in [5, 5.41) is 12.5. The Balaban J connectivity index is 2.46. The minimum Gasteiger partial charge on any atom is -0.387 e. The molecule has 0 aliphatic carbocycles. The molecule has 1 heterocycles. The predicted molar refractivity (Wildman–Crippen MR) is 52.6 cm³/mol. The molecule has 1 amide bonds. The molecule has 0 unspecified atom stereocenters. The van der Waals surface area contributed by atoms with Crippen LogP contribution in [0.25, 0.3) is 0 Å². The van der Waals surface area contributed by atoms with E-state index >= 15 is 0 Å². The van der Waals surface area contributed by atoms with E-state index in [0.29, 0.717) is 11.3 Å². The third kappa shape index (κ3) is 1.49. The van der Waals surface area contributed by atoms with E-state index in [1.807, 2.05) is 12.1 Å². The van der Waals surface area contributed by atoms with Crippen molar-refractivity contribution < 1.29 is 9.90 Å². The number of hydrogen-bond donors (Lipinski definition) is 3. The quantitative estimate of drug-likeness (QED) is 0.556. The molecule has 4 nitrogen and oxygen atoms in total. The number of nitrogens with two attached hydrogens (primary N) is 1. The van der Waals surface area contributed by atoms with E-state index in [2.05, 4.69) is 5.32 Å². The van der Waals surface area contributed by atoms with Crippen LogP contribution >= 0.6 is 0 Å². The summed E-state index contributed by atoms with van der Waals surface area (Å²) in [6.07, 6.45) is -0.624. The maximum Gasteiger partial charge on any atom is 0.226 e. The number of anilines is 1. The lowest BCUT2D eigenvalue weighted by atomic mass is 10.0. The first-order chi connectivity index (χ1) is 6.68. The molecule has 4 heteroatoms. The van der Waals surface area contributed by atoms with E-state index in [4.69, 9.17) is 5.73 Å². The summed E-state index contributed by atoms with van der Waals surface area (Å²) in [4.78, 5) is 11.3. The highest BCUT2D eigenvalue weighted by Crippen LogP contribution is 2.28. The summed E-state index contributed by atoms with van der Waals surface area (Å²) in [7, 11) is 0. The molecule has 4 N–H and O–H groups in total. The van der Waals surface area contributed by atoms with Gasteiger partial charge in [0.15, 0.2) is 0 Å². The number of fused-ring (bicyclic) bond motifs is 1. The zero-order valence-corrected chi connectivity index (χ0v) is 7.60. The Bertz CT molecular complexity index is 365. The van der Waals surface area contributed by atoms with Crippen LogP contribution in [0.2, 0.25) is 0 Å². The standard InChI is InChI=1S/C10H12N2O2/c11-7-5-9(13)12-8-4-2-1-3-6(8)10(7)14/h1-4,7,10,14H,5,11H2,(H,12,13)/t7-,10-/m1/s1. The van der Waals surface area contributed by atoms with Crippen LogP contribution in [0.1, 0.15) is 18.1 Å². The van der Waals surface area contributed by atoms with Gasteiger partial charge in [-0.3, -0.25) is 4.79 Å². The van der Waals surface area contributed by atoms with E-state index in [-0.39, 0.29) is 12.3 Å². The third-order valence-corrected chi connectivity index (χ3v) is 2.38. The average molecular weight is 192 g/mol. The lowest BCUT2D eigenvalue weighted by Gasteiger charge is -2.15. The highest BCUT2D eigenvalue weighted by molar-refractivity contribution is 5.93. The highest BCUT2D eigenvalue weighted by Gasteiger charge is 2.26. The fourth-order valence-electron chi connectivity index (χ4n) is 1.63. The van der Waals surface area contributed by atoms with Gasteiger partial charge < -0.3 is 16.2 Å². The van der Waals surface area contributed by atoms with E-state index in [9.17, 15) is 9.90 Å². The van der Waals surface area contributed by atoms with Gasteiger partial charge in [-0.2, -0.15) is 0 Å². The Hall–Kier alpha value is -1.39. The second-order valence-corrected chi connectivity index (χ2v) is 3.45. The number of aliphatic hydroxyl groups is 1. The van der Waals surface area contributed by atoms with Gasteiger partial charge in [0.1, 0.15) is 0 Å². The summed E-state index contributed by atoms with van der Waals surface area (Å²) >= 11 is 0. The number of hydrogen-bond acceptors (Lipinski definition) is 3. The number of benzene rings is 1. The van der Waals surface area contributed by atoms with E-state index in [0.717, 1.165) is 0 Å². The molecule has 1 aliphatic heterocycles. The Morgan fingerprint density at radius 2 is 2.14 bits per heavy atom. The normalized spacial score (nSPS) is 26.3. The largest absolute Gasteiger partial charge is 0.387 e. The molecule has 2 atom stereocenters. The van der Waals surface area contributed by atoms with Crippen molar-refractivity contribution in [3.63, 3.8) is 0 Å². The molecule has 14 heavy (non-hydrogen) atoms. The first-order valence-corrected chi connectivity index (χ1v) is 4.51. The minimum atomic E-state index is -0.773. The number of nitrogens with one attached hydrogen (secondary N) is 1. The molecule has 0 bridgehead atoms. The Morgan fingerprint density at radius 1 is 1.43 bits per heavy atom. The first kappa shape index (κ1) is 9.18. The van der Waals surface area contributed by atoms with Crippen LogP contribution in [0, 0.1) is 0 Å². The fourth-order valence-corrected chi connectivity index (χ4v) is 1.63. The number of amides is 1. The lowest BCUT2D eigenvalue weighted by Crippen LogP contribution is -2.30. The first-order valence-electron chi connectivity index (χ1n) is 4.51. The smallest absolute Gasteiger partial charge is 0.226 e. The van der Waals surface area contributed by atoms with Crippen LogP contribution in [0.4, 0.5) is 5.69 Å². The molecule has 0 spiro atoms. The minimum absolute atomic E-state index is 0.149. The second-order valence-electron chi connectivity index (χ2n) is 3.45. The Kier molecular flexibility index (Phi) is 2.23. The van der Waals surface area contributed by atoms with Gasteiger partial charge in [-0.1, -0.05) is 18.2 Å². The van der Waals surface area contributed by atoms with Crippen molar-refractivity contribution in [3.05, 3.63) is 29.8 Å². The van der Waals surface area contributed by atoms with Crippen molar-refractivity contribution in [1.29, 1.82) is 0 Å². The second kappa shape index (κ2) is 3.40. The number of rotatable bonds is 0. The number of carbonyl (C=O) groups is 1. The molecule has 1 aromatic rings. The van der Waals surface area contributed by atoms with Crippen molar-refractivity contribution in [1.82, 2.24) is 0 Å². The van der Waals surface area contributed by atoms with E-state index in [1.54, 1.807) is 12.1 Å². The van der Waals surface area contributed by atoms with Crippen molar-refractivity contribution in [2.45, 2.75) is 18.6 Å². The molecule has 0 radical (unpaired) electrons. The molecule has 2 rings (SSSR count). The molecular formula is C10H12N2O2. The Labute approximate surface area is 81.7 Å². The predicted octanol–water partition coefficient (Wildman–Crippen LogP) is 0.389. The fraction of sp³-hybridized carbons (Fsp3) is 0.300.